The van der Waals surface area contributed by atoms with Gasteiger partial charge in [0.05, 0.1) is 0 Å². The second-order valence-corrected chi connectivity index (χ2v) is 6.07. The van der Waals surface area contributed by atoms with E-state index in [9.17, 15) is 9.59 Å². The summed E-state index contributed by atoms with van der Waals surface area (Å²) in [4.78, 5) is 26.0. The van der Waals surface area contributed by atoms with Gasteiger partial charge in [-0.3, -0.25) is 9.59 Å². The van der Waals surface area contributed by atoms with Gasteiger partial charge in [-0.15, -0.1) is 11.8 Å². The largest absolute Gasteiger partial charge is 0.330 e. The smallest absolute Gasteiger partial charge is 0.194 e. The molecule has 3 rings (SSSR count). The van der Waals surface area contributed by atoms with Gasteiger partial charge in [-0.25, -0.2) is 0 Å². The first kappa shape index (κ1) is 14.0. The van der Waals surface area contributed by atoms with E-state index in [1.54, 1.807) is 42.1 Å². The molecule has 2 N–H and O–H groups in total. The number of benzene rings is 2. The summed E-state index contributed by atoms with van der Waals surface area (Å²) in [6, 6.07) is 12.5. The number of hydrogen-bond donors (Lipinski definition) is 1. The number of fused-ring (bicyclic) bond motifs is 2. The van der Waals surface area contributed by atoms with Gasteiger partial charge in [-0.05, 0) is 36.9 Å². The fourth-order valence-electron chi connectivity index (χ4n) is 2.44. The molecular weight excluding hydrogens is 282 g/mol. The van der Waals surface area contributed by atoms with Gasteiger partial charge in [0.25, 0.3) is 0 Å². The maximum atomic E-state index is 12.6. The Morgan fingerprint density at radius 1 is 0.857 bits per heavy atom. The Bertz CT molecular complexity index is 724. The fraction of sp³-hybridized carbons (Fsp3) is 0.176. The minimum atomic E-state index is -0.0706. The van der Waals surface area contributed by atoms with Crippen LogP contribution in [0.3, 0.4) is 0 Å². The molecule has 0 radical (unpaired) electrons. The Balaban J connectivity index is 1.99. The van der Waals surface area contributed by atoms with Gasteiger partial charge in [0.15, 0.2) is 11.6 Å². The molecule has 0 atom stereocenters. The maximum absolute atomic E-state index is 12.6. The average Bonchev–Trinajstić information content (AvgIpc) is 2.53. The molecule has 0 fully saturated rings. The minimum Gasteiger partial charge on any atom is -0.330 e. The Hall–Kier alpha value is -1.91. The van der Waals surface area contributed by atoms with Crippen molar-refractivity contribution in [1.29, 1.82) is 0 Å². The lowest BCUT2D eigenvalue weighted by Gasteiger charge is -2.17. The molecule has 106 valence electrons. The van der Waals surface area contributed by atoms with Crippen LogP contribution in [0.25, 0.3) is 0 Å². The summed E-state index contributed by atoms with van der Waals surface area (Å²) in [5, 5.41) is 0. The van der Waals surface area contributed by atoms with Gasteiger partial charge in [-0.2, -0.15) is 0 Å². The van der Waals surface area contributed by atoms with E-state index in [1.165, 1.54) is 0 Å². The van der Waals surface area contributed by atoms with Crippen LogP contribution in [0.2, 0.25) is 0 Å². The number of carbonyl (C=O) groups is 2. The molecule has 2 aromatic rings. The third-order valence-electron chi connectivity index (χ3n) is 3.51. The van der Waals surface area contributed by atoms with Gasteiger partial charge >= 0.3 is 0 Å². The molecule has 3 nitrogen and oxygen atoms in total. The average molecular weight is 297 g/mol. The van der Waals surface area contributed by atoms with Crippen molar-refractivity contribution in [1.82, 2.24) is 0 Å². The molecule has 0 aromatic heterocycles. The van der Waals surface area contributed by atoms with Gasteiger partial charge in [0.1, 0.15) is 0 Å². The first-order chi connectivity index (χ1) is 10.2. The van der Waals surface area contributed by atoms with Crippen LogP contribution in [0.15, 0.2) is 47.4 Å². The van der Waals surface area contributed by atoms with Crippen molar-refractivity contribution in [3.8, 4) is 0 Å². The molecule has 0 spiro atoms. The van der Waals surface area contributed by atoms with E-state index in [4.69, 9.17) is 5.73 Å². The molecule has 2 aromatic carbocycles. The lowest BCUT2D eigenvalue weighted by molar-refractivity contribution is 0.0979. The molecule has 1 aliphatic carbocycles. The van der Waals surface area contributed by atoms with E-state index >= 15 is 0 Å². The van der Waals surface area contributed by atoms with Crippen LogP contribution in [0.1, 0.15) is 38.3 Å². The van der Waals surface area contributed by atoms with Crippen LogP contribution in [-0.4, -0.2) is 23.9 Å². The zero-order valence-electron chi connectivity index (χ0n) is 11.5. The highest BCUT2D eigenvalue weighted by Gasteiger charge is 2.29. The van der Waals surface area contributed by atoms with Crippen molar-refractivity contribution in [2.45, 2.75) is 11.3 Å². The summed E-state index contributed by atoms with van der Waals surface area (Å²) in [5.41, 5.74) is 7.49. The van der Waals surface area contributed by atoms with Crippen LogP contribution in [0, 0.1) is 0 Å². The zero-order chi connectivity index (χ0) is 14.8. The number of rotatable bonds is 4. The number of hydrogen-bond acceptors (Lipinski definition) is 4. The monoisotopic (exact) mass is 297 g/mol. The Kier molecular flexibility index (Phi) is 3.90. The van der Waals surface area contributed by atoms with Crippen molar-refractivity contribution in [3.63, 3.8) is 0 Å². The third-order valence-corrected chi connectivity index (χ3v) is 4.59. The molecular formula is C17H15NO2S. The molecule has 0 unspecified atom stereocenters. The summed E-state index contributed by atoms with van der Waals surface area (Å²) >= 11 is 1.66. The van der Waals surface area contributed by atoms with Crippen molar-refractivity contribution < 1.29 is 9.59 Å². The van der Waals surface area contributed by atoms with Gasteiger partial charge in [0.2, 0.25) is 0 Å². The van der Waals surface area contributed by atoms with E-state index in [1.807, 2.05) is 12.1 Å². The number of carbonyl (C=O) groups excluding carboxylic acids is 2. The SMILES string of the molecule is NCCCSc1ccc2c(c1)C(=O)c1ccccc1C2=O. The van der Waals surface area contributed by atoms with Crippen molar-refractivity contribution in [3.05, 3.63) is 64.7 Å². The normalized spacial score (nSPS) is 13.0. The summed E-state index contributed by atoms with van der Waals surface area (Å²) in [6.07, 6.45) is 0.928. The Morgan fingerprint density at radius 2 is 1.48 bits per heavy atom. The second kappa shape index (κ2) is 5.84. The summed E-state index contributed by atoms with van der Waals surface area (Å²) < 4.78 is 0. The lowest BCUT2D eigenvalue weighted by atomic mass is 9.84. The molecule has 0 amide bonds. The first-order valence-corrected chi connectivity index (χ1v) is 7.86. The molecule has 0 saturated carbocycles. The third kappa shape index (κ3) is 2.52. The zero-order valence-corrected chi connectivity index (χ0v) is 12.3. The highest BCUT2D eigenvalue weighted by Crippen LogP contribution is 2.30. The second-order valence-electron chi connectivity index (χ2n) is 4.90. The standard InChI is InChI=1S/C17H15NO2S/c18-8-3-9-21-11-6-7-14-15(10-11)17(20)13-5-2-1-4-12(13)16(14)19/h1-2,4-7,10H,3,8-9,18H2. The van der Waals surface area contributed by atoms with Gasteiger partial charge in [-0.1, -0.05) is 24.3 Å². The topological polar surface area (TPSA) is 60.2 Å². The molecule has 1 aliphatic rings. The predicted octanol–water partition coefficient (Wildman–Crippen LogP) is 2.90. The maximum Gasteiger partial charge on any atom is 0.194 e. The summed E-state index contributed by atoms with van der Waals surface area (Å²) in [6.45, 7) is 0.655. The van der Waals surface area contributed by atoms with E-state index in [2.05, 4.69) is 0 Å². The molecule has 4 heteroatoms. The van der Waals surface area contributed by atoms with Crippen LogP contribution < -0.4 is 5.73 Å². The molecule has 0 aliphatic heterocycles. The van der Waals surface area contributed by atoms with Crippen LogP contribution >= 0.6 is 11.8 Å². The highest BCUT2D eigenvalue weighted by atomic mass is 32.2. The van der Waals surface area contributed by atoms with E-state index in [-0.39, 0.29) is 11.6 Å². The fourth-order valence-corrected chi connectivity index (χ4v) is 3.35. The van der Waals surface area contributed by atoms with E-state index in [0.717, 1.165) is 17.1 Å². The Morgan fingerprint density at radius 3 is 2.14 bits per heavy atom. The van der Waals surface area contributed by atoms with E-state index in [0.29, 0.717) is 28.8 Å². The van der Waals surface area contributed by atoms with E-state index < -0.39 is 0 Å². The highest BCUT2D eigenvalue weighted by molar-refractivity contribution is 7.99. The summed E-state index contributed by atoms with van der Waals surface area (Å²) in [5.74, 6) is 0.772. The van der Waals surface area contributed by atoms with Crippen molar-refractivity contribution in [2.24, 2.45) is 5.73 Å². The minimum absolute atomic E-state index is 0.0681. The van der Waals surface area contributed by atoms with Crippen molar-refractivity contribution >= 4 is 23.3 Å². The number of ketones is 2. The quantitative estimate of drug-likeness (QED) is 0.594. The molecule has 0 saturated heterocycles. The molecule has 0 heterocycles. The molecule has 21 heavy (non-hydrogen) atoms. The van der Waals surface area contributed by atoms with Gasteiger partial charge in [0, 0.05) is 27.1 Å². The van der Waals surface area contributed by atoms with Crippen LogP contribution in [0.5, 0.6) is 0 Å². The number of thioether (sulfide) groups is 1. The summed E-state index contributed by atoms with van der Waals surface area (Å²) in [7, 11) is 0. The predicted molar refractivity (Wildman–Crippen MR) is 84.1 cm³/mol. The van der Waals surface area contributed by atoms with Crippen LogP contribution in [0.4, 0.5) is 0 Å². The first-order valence-electron chi connectivity index (χ1n) is 6.87. The van der Waals surface area contributed by atoms with Gasteiger partial charge < -0.3 is 5.73 Å². The Labute approximate surface area is 127 Å². The molecule has 0 bridgehead atoms. The lowest BCUT2D eigenvalue weighted by Crippen LogP contribution is -2.20. The van der Waals surface area contributed by atoms with Crippen molar-refractivity contribution in [2.75, 3.05) is 12.3 Å². The van der Waals surface area contributed by atoms with Crippen LogP contribution in [-0.2, 0) is 0 Å². The number of nitrogens with two attached hydrogens (primary N) is 1.